The van der Waals surface area contributed by atoms with Gasteiger partial charge in [0.2, 0.25) is 5.91 Å². The second-order valence-corrected chi connectivity index (χ2v) is 7.51. The number of para-hydroxylation sites is 1. The van der Waals surface area contributed by atoms with Crippen LogP contribution >= 0.6 is 11.8 Å². The number of halogens is 1. The molecular weight excluding hydrogens is 379 g/mol. The molecule has 7 heteroatoms. The predicted molar refractivity (Wildman–Crippen MR) is 109 cm³/mol. The van der Waals surface area contributed by atoms with Gasteiger partial charge in [0.05, 0.1) is 23.1 Å². The third-order valence-electron chi connectivity index (χ3n) is 4.41. The number of carbonyl (C=O) groups is 2. The molecule has 148 valence electrons. The smallest absolute Gasteiger partial charge is 0.253 e. The molecule has 1 heterocycles. The fourth-order valence-corrected chi connectivity index (χ4v) is 3.77. The Bertz CT molecular complexity index is 825. The predicted octanol–water partition coefficient (Wildman–Crippen LogP) is 3.61. The lowest BCUT2D eigenvalue weighted by Crippen LogP contribution is -2.32. The molecule has 0 radical (unpaired) electrons. The minimum atomic E-state index is -0.274. The molecule has 1 aliphatic heterocycles. The number of ether oxygens (including phenoxy) is 1. The third kappa shape index (κ3) is 5.81. The maximum atomic E-state index is 13.6. The normalized spacial score (nSPS) is 16.0. The molecule has 0 saturated carbocycles. The minimum Gasteiger partial charge on any atom is -0.376 e. The van der Waals surface area contributed by atoms with E-state index in [0.717, 1.165) is 19.4 Å². The summed E-state index contributed by atoms with van der Waals surface area (Å²) in [7, 11) is 0. The van der Waals surface area contributed by atoms with E-state index >= 15 is 0 Å². The fourth-order valence-electron chi connectivity index (χ4n) is 2.95. The number of carbonyl (C=O) groups excluding carboxylic acids is 2. The highest BCUT2D eigenvalue weighted by Gasteiger charge is 2.18. The molecule has 2 amide bonds. The number of rotatable bonds is 8. The van der Waals surface area contributed by atoms with Crippen LogP contribution in [0.5, 0.6) is 0 Å². The number of thioether (sulfide) groups is 1. The van der Waals surface area contributed by atoms with E-state index in [-0.39, 0.29) is 29.5 Å². The van der Waals surface area contributed by atoms with Crippen LogP contribution in [-0.2, 0) is 15.3 Å². The van der Waals surface area contributed by atoms with Crippen molar-refractivity contribution in [1.29, 1.82) is 0 Å². The van der Waals surface area contributed by atoms with Gasteiger partial charge in [-0.15, -0.1) is 11.8 Å². The zero-order chi connectivity index (χ0) is 19.8. The van der Waals surface area contributed by atoms with E-state index in [9.17, 15) is 14.0 Å². The van der Waals surface area contributed by atoms with Crippen molar-refractivity contribution in [1.82, 2.24) is 5.32 Å². The van der Waals surface area contributed by atoms with Crippen molar-refractivity contribution >= 4 is 29.3 Å². The van der Waals surface area contributed by atoms with Crippen molar-refractivity contribution < 1.29 is 18.7 Å². The molecule has 1 fully saturated rings. The summed E-state index contributed by atoms with van der Waals surface area (Å²) in [4.78, 5) is 24.7. The topological polar surface area (TPSA) is 67.4 Å². The first-order valence-electron chi connectivity index (χ1n) is 9.23. The lowest BCUT2D eigenvalue weighted by Gasteiger charge is -2.13. The van der Waals surface area contributed by atoms with Crippen LogP contribution in [-0.4, -0.2) is 36.8 Å². The first-order valence-corrected chi connectivity index (χ1v) is 10.4. The fraction of sp³-hybridized carbons (Fsp3) is 0.333. The number of nitrogens with one attached hydrogen (secondary N) is 2. The molecule has 1 saturated heterocycles. The van der Waals surface area contributed by atoms with Gasteiger partial charge in [-0.25, -0.2) is 4.39 Å². The summed E-state index contributed by atoms with van der Waals surface area (Å²) in [5.41, 5.74) is 1.44. The largest absolute Gasteiger partial charge is 0.376 e. The first-order chi connectivity index (χ1) is 13.6. The van der Waals surface area contributed by atoms with E-state index < -0.39 is 0 Å². The molecule has 28 heavy (non-hydrogen) atoms. The Balaban J connectivity index is 1.51. The van der Waals surface area contributed by atoms with Crippen LogP contribution in [0.4, 0.5) is 10.1 Å². The molecule has 0 unspecified atom stereocenters. The summed E-state index contributed by atoms with van der Waals surface area (Å²) in [6, 6.07) is 13.4. The molecule has 5 nitrogen and oxygen atoms in total. The zero-order valence-corrected chi connectivity index (χ0v) is 16.3. The van der Waals surface area contributed by atoms with Gasteiger partial charge < -0.3 is 15.4 Å². The van der Waals surface area contributed by atoms with Crippen molar-refractivity contribution in [3.8, 4) is 0 Å². The van der Waals surface area contributed by atoms with E-state index in [1.165, 1.54) is 17.8 Å². The standard InChI is InChI=1S/C21H23FN2O3S/c22-18-9-3-1-6-15(18)13-28-14-20(25)24-19-10-4-2-8-17(19)21(26)23-12-16-7-5-11-27-16/h1-4,6,8-10,16H,5,7,11-14H2,(H,23,26)(H,24,25)/t16-/m1/s1. The van der Waals surface area contributed by atoms with E-state index in [1.807, 2.05) is 0 Å². The van der Waals surface area contributed by atoms with Crippen molar-refractivity contribution in [3.05, 3.63) is 65.5 Å². The van der Waals surface area contributed by atoms with Gasteiger partial charge in [0.15, 0.2) is 0 Å². The lowest BCUT2D eigenvalue weighted by molar-refractivity contribution is -0.113. The molecule has 2 aromatic carbocycles. The maximum absolute atomic E-state index is 13.6. The molecule has 2 aromatic rings. The molecule has 2 N–H and O–H groups in total. The van der Waals surface area contributed by atoms with Crippen molar-refractivity contribution in [2.45, 2.75) is 24.7 Å². The lowest BCUT2D eigenvalue weighted by atomic mass is 10.1. The Kier molecular flexibility index (Phi) is 7.45. The van der Waals surface area contributed by atoms with Crippen molar-refractivity contribution in [3.63, 3.8) is 0 Å². The highest BCUT2D eigenvalue weighted by molar-refractivity contribution is 7.99. The molecule has 0 aromatic heterocycles. The average Bonchev–Trinajstić information content (AvgIpc) is 3.22. The summed E-state index contributed by atoms with van der Waals surface area (Å²) >= 11 is 1.32. The van der Waals surface area contributed by atoms with Gasteiger partial charge >= 0.3 is 0 Å². The van der Waals surface area contributed by atoms with E-state index in [1.54, 1.807) is 42.5 Å². The maximum Gasteiger partial charge on any atom is 0.253 e. The van der Waals surface area contributed by atoms with E-state index in [4.69, 9.17) is 4.74 Å². The summed E-state index contributed by atoms with van der Waals surface area (Å²) in [6.07, 6.45) is 2.01. The molecule has 1 atom stereocenters. The number of hydrogen-bond acceptors (Lipinski definition) is 4. The number of hydrogen-bond donors (Lipinski definition) is 2. The number of anilines is 1. The SMILES string of the molecule is O=C(CSCc1ccccc1F)Nc1ccccc1C(=O)NC[C@H]1CCCO1. The molecule has 0 aliphatic carbocycles. The highest BCUT2D eigenvalue weighted by atomic mass is 32.2. The van der Waals surface area contributed by atoms with Gasteiger partial charge in [-0.2, -0.15) is 0 Å². The Labute approximate surface area is 168 Å². The first kappa shape index (κ1) is 20.4. The van der Waals surface area contributed by atoms with Gasteiger partial charge in [-0.05, 0) is 36.6 Å². The molecule has 0 spiro atoms. The van der Waals surface area contributed by atoms with Crippen LogP contribution in [0.2, 0.25) is 0 Å². The van der Waals surface area contributed by atoms with Crippen LogP contribution in [0.3, 0.4) is 0 Å². The van der Waals surface area contributed by atoms with Gasteiger partial charge in [0, 0.05) is 18.9 Å². The zero-order valence-electron chi connectivity index (χ0n) is 15.4. The summed E-state index contributed by atoms with van der Waals surface area (Å²) in [6.45, 7) is 1.19. The average molecular weight is 402 g/mol. The van der Waals surface area contributed by atoms with Crippen LogP contribution in [0.25, 0.3) is 0 Å². The Morgan fingerprint density at radius 3 is 2.71 bits per heavy atom. The number of benzene rings is 2. The van der Waals surface area contributed by atoms with Crippen LogP contribution in [0.1, 0.15) is 28.8 Å². The van der Waals surface area contributed by atoms with Gasteiger partial charge in [0.1, 0.15) is 5.82 Å². The van der Waals surface area contributed by atoms with Crippen molar-refractivity contribution in [2.24, 2.45) is 0 Å². The Morgan fingerprint density at radius 1 is 1.14 bits per heavy atom. The second kappa shape index (κ2) is 10.2. The molecule has 3 rings (SSSR count). The Hall–Kier alpha value is -2.38. The second-order valence-electron chi connectivity index (χ2n) is 6.52. The minimum absolute atomic E-state index is 0.0560. The van der Waals surface area contributed by atoms with Crippen LogP contribution in [0.15, 0.2) is 48.5 Å². The number of amides is 2. The molecular formula is C21H23FN2O3S. The van der Waals surface area contributed by atoms with E-state index in [2.05, 4.69) is 10.6 Å². The quantitative estimate of drug-likeness (QED) is 0.708. The third-order valence-corrected chi connectivity index (χ3v) is 5.39. The molecule has 0 bridgehead atoms. The van der Waals surface area contributed by atoms with Gasteiger partial charge in [-0.3, -0.25) is 9.59 Å². The van der Waals surface area contributed by atoms with Gasteiger partial charge in [0.25, 0.3) is 5.91 Å². The summed E-state index contributed by atoms with van der Waals surface area (Å²) < 4.78 is 19.1. The molecule has 1 aliphatic rings. The van der Waals surface area contributed by atoms with Crippen LogP contribution in [0, 0.1) is 5.82 Å². The highest BCUT2D eigenvalue weighted by Crippen LogP contribution is 2.18. The van der Waals surface area contributed by atoms with Gasteiger partial charge in [-0.1, -0.05) is 30.3 Å². The summed E-state index contributed by atoms with van der Waals surface area (Å²) in [5, 5.41) is 5.64. The monoisotopic (exact) mass is 402 g/mol. The summed E-state index contributed by atoms with van der Waals surface area (Å²) in [5.74, 6) is -0.182. The van der Waals surface area contributed by atoms with Crippen molar-refractivity contribution in [2.75, 3.05) is 24.2 Å². The van der Waals surface area contributed by atoms with E-state index in [0.29, 0.717) is 29.1 Å². The van der Waals surface area contributed by atoms with Crippen LogP contribution < -0.4 is 10.6 Å². The Morgan fingerprint density at radius 2 is 1.93 bits per heavy atom.